The zero-order chi connectivity index (χ0) is 15.1. The molecule has 0 aliphatic carbocycles. The lowest BCUT2D eigenvalue weighted by Crippen LogP contribution is -2.00. The number of carboxylic acids is 1. The van der Waals surface area contributed by atoms with Gasteiger partial charge in [0.15, 0.2) is 11.5 Å². The predicted molar refractivity (Wildman–Crippen MR) is 75.1 cm³/mol. The first-order valence-corrected chi connectivity index (χ1v) is 6.39. The standard InChI is InChI=1S/C14H9ClFN3O2/c1-7-2-3-8(5-11(7)16)12-17-18-13-10(15)4-9(14(20)21)6-19(12)13/h2-6H,1H3,(H,20,21). The first kappa shape index (κ1) is 13.5. The second-order valence-corrected chi connectivity index (χ2v) is 4.97. The highest BCUT2D eigenvalue weighted by Crippen LogP contribution is 2.25. The van der Waals surface area contributed by atoms with Crippen LogP contribution in [0.15, 0.2) is 30.5 Å². The number of rotatable bonds is 2. The third kappa shape index (κ3) is 2.23. The van der Waals surface area contributed by atoms with Crippen molar-refractivity contribution in [1.82, 2.24) is 14.6 Å². The molecule has 7 heteroatoms. The summed E-state index contributed by atoms with van der Waals surface area (Å²) in [6, 6.07) is 5.94. The topological polar surface area (TPSA) is 67.5 Å². The maximum absolute atomic E-state index is 13.7. The van der Waals surface area contributed by atoms with Crippen molar-refractivity contribution in [3.8, 4) is 11.4 Å². The van der Waals surface area contributed by atoms with Gasteiger partial charge in [0.05, 0.1) is 10.6 Å². The summed E-state index contributed by atoms with van der Waals surface area (Å²) in [6.07, 6.45) is 1.36. The highest BCUT2D eigenvalue weighted by atomic mass is 35.5. The molecule has 0 bridgehead atoms. The Morgan fingerprint density at radius 2 is 2.10 bits per heavy atom. The Morgan fingerprint density at radius 3 is 2.76 bits per heavy atom. The second-order valence-electron chi connectivity index (χ2n) is 4.56. The van der Waals surface area contributed by atoms with Crippen LogP contribution in [0, 0.1) is 12.7 Å². The molecule has 0 atom stereocenters. The average Bonchev–Trinajstić information content (AvgIpc) is 2.86. The van der Waals surface area contributed by atoms with E-state index in [1.807, 2.05) is 0 Å². The maximum atomic E-state index is 13.7. The van der Waals surface area contributed by atoms with Crippen LogP contribution in [-0.4, -0.2) is 25.7 Å². The van der Waals surface area contributed by atoms with Crippen molar-refractivity contribution < 1.29 is 14.3 Å². The number of pyridine rings is 1. The molecule has 0 unspecified atom stereocenters. The number of fused-ring (bicyclic) bond motifs is 1. The van der Waals surface area contributed by atoms with Gasteiger partial charge in [0.2, 0.25) is 0 Å². The highest BCUT2D eigenvalue weighted by Gasteiger charge is 2.15. The molecule has 0 fully saturated rings. The van der Waals surface area contributed by atoms with Gasteiger partial charge >= 0.3 is 5.97 Å². The Bertz CT molecular complexity index is 876. The minimum Gasteiger partial charge on any atom is -0.478 e. The molecule has 5 nitrogen and oxygen atoms in total. The molecule has 0 saturated carbocycles. The lowest BCUT2D eigenvalue weighted by Gasteiger charge is -2.04. The van der Waals surface area contributed by atoms with E-state index < -0.39 is 5.97 Å². The number of nitrogens with zero attached hydrogens (tertiary/aromatic N) is 3. The molecular formula is C14H9ClFN3O2. The van der Waals surface area contributed by atoms with Crippen molar-refractivity contribution in [3.05, 3.63) is 52.4 Å². The summed E-state index contributed by atoms with van der Waals surface area (Å²) in [6.45, 7) is 1.65. The third-order valence-corrected chi connectivity index (χ3v) is 3.41. The molecule has 0 aliphatic heterocycles. The summed E-state index contributed by atoms with van der Waals surface area (Å²) in [5, 5.41) is 17.1. The molecule has 1 N–H and O–H groups in total. The van der Waals surface area contributed by atoms with Crippen LogP contribution >= 0.6 is 11.6 Å². The molecule has 0 spiro atoms. The molecule has 0 amide bonds. The summed E-state index contributed by atoms with van der Waals surface area (Å²) >= 11 is 6.00. The number of aryl methyl sites for hydroxylation is 1. The van der Waals surface area contributed by atoms with E-state index in [1.165, 1.54) is 22.7 Å². The van der Waals surface area contributed by atoms with Gasteiger partial charge in [-0.15, -0.1) is 10.2 Å². The number of aromatic carboxylic acids is 1. The van der Waals surface area contributed by atoms with Gasteiger partial charge in [-0.2, -0.15) is 0 Å². The van der Waals surface area contributed by atoms with Crippen LogP contribution in [-0.2, 0) is 0 Å². The molecule has 106 valence electrons. The Labute approximate surface area is 123 Å². The zero-order valence-electron chi connectivity index (χ0n) is 10.8. The average molecular weight is 306 g/mol. The minimum absolute atomic E-state index is 0.00105. The van der Waals surface area contributed by atoms with E-state index in [9.17, 15) is 9.18 Å². The number of hydrogen-bond acceptors (Lipinski definition) is 3. The molecule has 0 saturated heterocycles. The van der Waals surface area contributed by atoms with Crippen molar-refractivity contribution in [1.29, 1.82) is 0 Å². The van der Waals surface area contributed by atoms with Crippen molar-refractivity contribution >= 4 is 23.2 Å². The van der Waals surface area contributed by atoms with E-state index in [2.05, 4.69) is 10.2 Å². The van der Waals surface area contributed by atoms with Crippen LogP contribution in [0.2, 0.25) is 5.02 Å². The first-order chi connectivity index (χ1) is 9.97. The van der Waals surface area contributed by atoms with E-state index in [-0.39, 0.29) is 16.4 Å². The number of hydrogen-bond donors (Lipinski definition) is 1. The molecule has 0 aliphatic rings. The van der Waals surface area contributed by atoms with Crippen LogP contribution in [0.5, 0.6) is 0 Å². The van der Waals surface area contributed by atoms with Crippen molar-refractivity contribution in [3.63, 3.8) is 0 Å². The van der Waals surface area contributed by atoms with Crippen LogP contribution in [0.25, 0.3) is 17.0 Å². The Morgan fingerprint density at radius 1 is 1.33 bits per heavy atom. The van der Waals surface area contributed by atoms with E-state index in [0.717, 1.165) is 0 Å². The SMILES string of the molecule is Cc1ccc(-c2nnc3c(Cl)cc(C(=O)O)cn23)cc1F. The maximum Gasteiger partial charge on any atom is 0.337 e. The minimum atomic E-state index is -1.12. The van der Waals surface area contributed by atoms with Crippen molar-refractivity contribution in [2.24, 2.45) is 0 Å². The largest absolute Gasteiger partial charge is 0.478 e. The van der Waals surface area contributed by atoms with Crippen molar-refractivity contribution in [2.75, 3.05) is 0 Å². The fourth-order valence-electron chi connectivity index (χ4n) is 2.00. The number of carboxylic acid groups (broad SMARTS) is 1. The first-order valence-electron chi connectivity index (χ1n) is 6.01. The summed E-state index contributed by atoms with van der Waals surface area (Å²) in [5.41, 5.74) is 1.32. The number of carbonyl (C=O) groups is 1. The fourth-order valence-corrected chi connectivity index (χ4v) is 2.25. The Hall–Kier alpha value is -2.47. The lowest BCUT2D eigenvalue weighted by molar-refractivity contribution is 0.0696. The van der Waals surface area contributed by atoms with E-state index >= 15 is 0 Å². The molecule has 3 aromatic rings. The smallest absolute Gasteiger partial charge is 0.337 e. The quantitative estimate of drug-likeness (QED) is 0.789. The molecule has 21 heavy (non-hydrogen) atoms. The van der Waals surface area contributed by atoms with Gasteiger partial charge in [-0.3, -0.25) is 4.40 Å². The fraction of sp³-hybridized carbons (Fsp3) is 0.0714. The summed E-state index contributed by atoms with van der Waals surface area (Å²) in [7, 11) is 0. The highest BCUT2D eigenvalue weighted by molar-refractivity contribution is 6.33. The van der Waals surface area contributed by atoms with E-state index in [4.69, 9.17) is 16.7 Å². The molecule has 2 aromatic heterocycles. The zero-order valence-corrected chi connectivity index (χ0v) is 11.6. The third-order valence-electron chi connectivity index (χ3n) is 3.14. The van der Waals surface area contributed by atoms with Crippen LogP contribution in [0.4, 0.5) is 4.39 Å². The van der Waals surface area contributed by atoms with Gasteiger partial charge in [0, 0.05) is 11.8 Å². The van der Waals surface area contributed by atoms with Crippen LogP contribution < -0.4 is 0 Å². The predicted octanol–water partition coefficient (Wildman–Crippen LogP) is 3.20. The number of benzene rings is 1. The van der Waals surface area contributed by atoms with Gasteiger partial charge < -0.3 is 5.11 Å². The summed E-state index contributed by atoms with van der Waals surface area (Å²) in [5.74, 6) is -1.16. The summed E-state index contributed by atoms with van der Waals surface area (Å²) in [4.78, 5) is 11.1. The van der Waals surface area contributed by atoms with Gasteiger partial charge in [0.1, 0.15) is 5.82 Å². The molecule has 1 aromatic carbocycles. The van der Waals surface area contributed by atoms with Crippen molar-refractivity contribution in [2.45, 2.75) is 6.92 Å². The summed E-state index contributed by atoms with van der Waals surface area (Å²) < 4.78 is 15.1. The molecule has 3 rings (SSSR count). The van der Waals surface area contributed by atoms with E-state index in [0.29, 0.717) is 22.6 Å². The van der Waals surface area contributed by atoms with Gasteiger partial charge in [-0.25, -0.2) is 9.18 Å². The molecule has 2 heterocycles. The van der Waals surface area contributed by atoms with Gasteiger partial charge in [-0.1, -0.05) is 23.7 Å². The number of aromatic nitrogens is 3. The van der Waals surface area contributed by atoms with Gasteiger partial charge in [0.25, 0.3) is 0 Å². The normalized spacial score (nSPS) is 11.0. The van der Waals surface area contributed by atoms with Crippen LogP contribution in [0.3, 0.4) is 0 Å². The molecular weight excluding hydrogens is 297 g/mol. The van der Waals surface area contributed by atoms with Gasteiger partial charge in [-0.05, 0) is 24.6 Å². The number of halogens is 2. The van der Waals surface area contributed by atoms with Crippen LogP contribution in [0.1, 0.15) is 15.9 Å². The monoisotopic (exact) mass is 305 g/mol. The lowest BCUT2D eigenvalue weighted by atomic mass is 10.1. The Kier molecular flexibility index (Phi) is 3.10. The van der Waals surface area contributed by atoms with E-state index in [1.54, 1.807) is 19.1 Å². The second kappa shape index (κ2) is 4.82. The molecule has 0 radical (unpaired) electrons. The Balaban J connectivity index is 2.27.